The summed E-state index contributed by atoms with van der Waals surface area (Å²) < 4.78 is 5.66. The molecule has 126 valence electrons. The highest BCUT2D eigenvalue weighted by molar-refractivity contribution is 5.20. The number of hydrogen-bond acceptors (Lipinski definition) is 2. The van der Waals surface area contributed by atoms with Gasteiger partial charge in [0.1, 0.15) is 0 Å². The number of nitrogens with one attached hydrogen (secondary N) is 1. The van der Waals surface area contributed by atoms with Crippen LogP contribution >= 0.6 is 0 Å². The van der Waals surface area contributed by atoms with Crippen LogP contribution in [0.5, 0.6) is 0 Å². The molecular formula is C19H39NO. The van der Waals surface area contributed by atoms with E-state index in [1.807, 2.05) is 13.8 Å². The van der Waals surface area contributed by atoms with Gasteiger partial charge in [0, 0.05) is 8.03 Å². The smallest absolute Gasteiger partial charge is 0.0716 e. The Balaban J connectivity index is -0.000000864. The molecule has 1 aromatic rings. The first-order valence-electron chi connectivity index (χ1n) is 8.17. The SMILES string of the molecule is C.CC.CCCCNCCCCOCc1ccc(C)cc1.[HH]. The molecule has 0 fully saturated rings. The van der Waals surface area contributed by atoms with Crippen LogP contribution in [0.25, 0.3) is 0 Å². The molecule has 0 spiro atoms. The lowest BCUT2D eigenvalue weighted by atomic mass is 10.2. The van der Waals surface area contributed by atoms with Crippen LogP contribution in [0.1, 0.15) is 66.4 Å². The molecule has 0 aliphatic rings. The lowest BCUT2D eigenvalue weighted by molar-refractivity contribution is 0.117. The fourth-order valence-electron chi connectivity index (χ4n) is 1.76. The second kappa shape index (κ2) is 17.2. The summed E-state index contributed by atoms with van der Waals surface area (Å²) in [6.45, 7) is 12.2. The molecule has 0 saturated carbocycles. The molecule has 1 aromatic carbocycles. The summed E-state index contributed by atoms with van der Waals surface area (Å²) in [7, 11) is 0. The molecule has 0 bridgehead atoms. The predicted molar refractivity (Wildman–Crippen MR) is 98.0 cm³/mol. The van der Waals surface area contributed by atoms with Gasteiger partial charge in [0.25, 0.3) is 0 Å². The van der Waals surface area contributed by atoms with Gasteiger partial charge in [0.05, 0.1) is 6.61 Å². The van der Waals surface area contributed by atoms with Gasteiger partial charge in [0.15, 0.2) is 0 Å². The van der Waals surface area contributed by atoms with Crippen LogP contribution in [0.2, 0.25) is 0 Å². The first-order chi connectivity index (χ1) is 9.83. The largest absolute Gasteiger partial charge is 0.377 e. The third-order valence-corrected chi connectivity index (χ3v) is 2.99. The Labute approximate surface area is 134 Å². The third kappa shape index (κ3) is 13.9. The van der Waals surface area contributed by atoms with Crippen LogP contribution in [0.3, 0.4) is 0 Å². The van der Waals surface area contributed by atoms with Crippen LogP contribution in [0, 0.1) is 6.92 Å². The zero-order chi connectivity index (χ0) is 15.1. The van der Waals surface area contributed by atoms with E-state index in [-0.39, 0.29) is 8.85 Å². The molecule has 0 amide bonds. The van der Waals surface area contributed by atoms with E-state index in [4.69, 9.17) is 4.74 Å². The Morgan fingerprint density at radius 3 is 2.24 bits per heavy atom. The molecule has 21 heavy (non-hydrogen) atoms. The van der Waals surface area contributed by atoms with Crippen LogP contribution < -0.4 is 5.32 Å². The van der Waals surface area contributed by atoms with Crippen molar-refractivity contribution in [2.75, 3.05) is 19.7 Å². The maximum atomic E-state index is 5.66. The minimum atomic E-state index is 0. The van der Waals surface area contributed by atoms with Gasteiger partial charge in [-0.1, -0.05) is 64.4 Å². The van der Waals surface area contributed by atoms with Gasteiger partial charge in [0.2, 0.25) is 0 Å². The summed E-state index contributed by atoms with van der Waals surface area (Å²) in [5.41, 5.74) is 2.57. The van der Waals surface area contributed by atoms with Crippen molar-refractivity contribution >= 4 is 0 Å². The summed E-state index contributed by atoms with van der Waals surface area (Å²) in [6, 6.07) is 8.55. The zero-order valence-electron chi connectivity index (χ0n) is 13.9. The molecule has 2 nitrogen and oxygen atoms in total. The standard InChI is InChI=1S/C16H27NO.C2H6.CH4.H2/c1-3-4-11-17-12-5-6-13-18-14-16-9-7-15(2)8-10-16;1-2;;/h7-10,17H,3-6,11-14H2,1-2H3;1-2H3;1H4;1H. The van der Waals surface area contributed by atoms with Crippen molar-refractivity contribution in [1.82, 2.24) is 5.32 Å². The summed E-state index contributed by atoms with van der Waals surface area (Å²) in [4.78, 5) is 0. The van der Waals surface area contributed by atoms with Gasteiger partial charge in [-0.15, -0.1) is 0 Å². The Bertz CT molecular complexity index is 301. The minimum Gasteiger partial charge on any atom is -0.377 e. The van der Waals surface area contributed by atoms with E-state index in [9.17, 15) is 0 Å². The number of rotatable bonds is 10. The summed E-state index contributed by atoms with van der Waals surface area (Å²) >= 11 is 0. The van der Waals surface area contributed by atoms with Crippen LogP contribution in [-0.4, -0.2) is 19.7 Å². The van der Waals surface area contributed by atoms with Gasteiger partial charge in [-0.2, -0.15) is 0 Å². The lowest BCUT2D eigenvalue weighted by Crippen LogP contribution is -2.16. The van der Waals surface area contributed by atoms with Crippen molar-refractivity contribution in [3.05, 3.63) is 35.4 Å². The normalized spacial score (nSPS) is 9.52. The fraction of sp³-hybridized carbons (Fsp3) is 0.684. The number of hydrogen-bond donors (Lipinski definition) is 1. The first-order valence-corrected chi connectivity index (χ1v) is 8.17. The second-order valence-corrected chi connectivity index (χ2v) is 4.85. The average Bonchev–Trinajstić information content (AvgIpc) is 2.49. The van der Waals surface area contributed by atoms with Crippen molar-refractivity contribution in [3.63, 3.8) is 0 Å². The Morgan fingerprint density at radius 1 is 1.00 bits per heavy atom. The minimum absolute atomic E-state index is 0. The number of benzene rings is 1. The molecule has 0 atom stereocenters. The molecule has 0 saturated heterocycles. The van der Waals surface area contributed by atoms with Crippen molar-refractivity contribution in [3.8, 4) is 0 Å². The molecule has 0 radical (unpaired) electrons. The van der Waals surface area contributed by atoms with E-state index in [1.165, 1.54) is 30.4 Å². The molecule has 0 heterocycles. The van der Waals surface area contributed by atoms with Gasteiger partial charge in [-0.25, -0.2) is 0 Å². The maximum absolute atomic E-state index is 5.66. The molecule has 0 aromatic heterocycles. The van der Waals surface area contributed by atoms with E-state index >= 15 is 0 Å². The molecular weight excluding hydrogens is 258 g/mol. The monoisotopic (exact) mass is 297 g/mol. The second-order valence-electron chi connectivity index (χ2n) is 4.85. The molecule has 0 aliphatic heterocycles. The zero-order valence-corrected chi connectivity index (χ0v) is 13.9. The molecule has 1 rings (SSSR count). The van der Waals surface area contributed by atoms with E-state index < -0.39 is 0 Å². The fourth-order valence-corrected chi connectivity index (χ4v) is 1.76. The van der Waals surface area contributed by atoms with E-state index in [0.717, 1.165) is 32.7 Å². The topological polar surface area (TPSA) is 21.3 Å². The van der Waals surface area contributed by atoms with E-state index in [0.29, 0.717) is 0 Å². The third-order valence-electron chi connectivity index (χ3n) is 2.99. The van der Waals surface area contributed by atoms with Gasteiger partial charge >= 0.3 is 0 Å². The van der Waals surface area contributed by atoms with E-state index in [2.05, 4.69) is 43.4 Å². The van der Waals surface area contributed by atoms with Crippen molar-refractivity contribution < 1.29 is 6.16 Å². The lowest BCUT2D eigenvalue weighted by Gasteiger charge is -2.06. The van der Waals surface area contributed by atoms with Crippen molar-refractivity contribution in [1.29, 1.82) is 0 Å². The summed E-state index contributed by atoms with van der Waals surface area (Å²) in [5.74, 6) is 0. The Kier molecular flexibility index (Phi) is 18.4. The first kappa shape index (κ1) is 22.4. The highest BCUT2D eigenvalue weighted by atomic mass is 16.5. The Hall–Kier alpha value is -0.860. The van der Waals surface area contributed by atoms with Crippen LogP contribution in [-0.2, 0) is 11.3 Å². The van der Waals surface area contributed by atoms with Crippen molar-refractivity contribution in [2.45, 2.75) is 67.4 Å². The number of unbranched alkanes of at least 4 members (excludes halogenated alkanes) is 2. The van der Waals surface area contributed by atoms with Gasteiger partial charge < -0.3 is 10.1 Å². The number of aryl methyl sites for hydroxylation is 1. The summed E-state index contributed by atoms with van der Waals surface area (Å²) in [5, 5.41) is 3.45. The van der Waals surface area contributed by atoms with Crippen molar-refractivity contribution in [2.24, 2.45) is 0 Å². The molecule has 2 heteroatoms. The molecule has 0 aliphatic carbocycles. The Morgan fingerprint density at radius 2 is 1.62 bits per heavy atom. The highest BCUT2D eigenvalue weighted by Crippen LogP contribution is 2.04. The van der Waals surface area contributed by atoms with Crippen LogP contribution in [0.15, 0.2) is 24.3 Å². The summed E-state index contributed by atoms with van der Waals surface area (Å²) in [6.07, 6.45) is 4.90. The quantitative estimate of drug-likeness (QED) is 0.568. The highest BCUT2D eigenvalue weighted by Gasteiger charge is 1.93. The maximum Gasteiger partial charge on any atom is 0.0716 e. The number of ether oxygens (including phenoxy) is 1. The van der Waals surface area contributed by atoms with Gasteiger partial charge in [-0.3, -0.25) is 0 Å². The molecule has 0 unspecified atom stereocenters. The molecule has 1 N–H and O–H groups in total. The predicted octanol–water partition coefficient (Wildman–Crippen LogP) is 5.59. The average molecular weight is 298 g/mol. The van der Waals surface area contributed by atoms with E-state index in [1.54, 1.807) is 0 Å². The van der Waals surface area contributed by atoms with Crippen LogP contribution in [0.4, 0.5) is 0 Å². The van der Waals surface area contributed by atoms with Gasteiger partial charge in [-0.05, 0) is 44.8 Å².